The summed E-state index contributed by atoms with van der Waals surface area (Å²) in [6, 6.07) is 6.91. The second-order valence-corrected chi connectivity index (χ2v) is 5.21. The van der Waals surface area contributed by atoms with Gasteiger partial charge in [0.05, 0.1) is 0 Å². The van der Waals surface area contributed by atoms with Crippen molar-refractivity contribution in [2.75, 3.05) is 6.54 Å². The molecule has 0 aliphatic carbocycles. The number of carbonyl (C=O) groups excluding carboxylic acids is 1. The largest absolute Gasteiger partial charge is 0.480 e. The van der Waals surface area contributed by atoms with Crippen molar-refractivity contribution in [3.8, 4) is 0 Å². The lowest BCUT2D eigenvalue weighted by molar-refractivity contribution is -0.155. The molecular weight excluding hydrogens is 286 g/mol. The first-order valence-electron chi connectivity index (χ1n) is 5.26. The van der Waals surface area contributed by atoms with Gasteiger partial charge in [-0.3, -0.25) is 4.79 Å². The summed E-state index contributed by atoms with van der Waals surface area (Å²) < 4.78 is 0.888. The van der Waals surface area contributed by atoms with E-state index in [9.17, 15) is 9.59 Å². The van der Waals surface area contributed by atoms with Crippen LogP contribution in [0, 0.1) is 0 Å². The number of halogens is 1. The van der Waals surface area contributed by atoms with E-state index in [1.165, 1.54) is 4.90 Å². The number of aliphatic carboxylic acids is 1. The number of amides is 1. The summed E-state index contributed by atoms with van der Waals surface area (Å²) in [5.74, 6) is -1.18. The zero-order valence-electron chi connectivity index (χ0n) is 9.31. The third kappa shape index (κ3) is 1.95. The molecule has 0 spiro atoms. The average Bonchev–Trinajstić information content (AvgIpc) is 2.27. The number of carbonyl (C=O) groups is 2. The molecule has 1 aliphatic rings. The van der Waals surface area contributed by atoms with Gasteiger partial charge in [-0.1, -0.05) is 15.9 Å². The van der Waals surface area contributed by atoms with Crippen molar-refractivity contribution >= 4 is 27.8 Å². The Balaban J connectivity index is 2.22. The number of hydrogen-bond donors (Lipinski definition) is 1. The van der Waals surface area contributed by atoms with E-state index in [2.05, 4.69) is 15.9 Å². The number of carboxylic acid groups (broad SMARTS) is 1. The van der Waals surface area contributed by atoms with Gasteiger partial charge in [0, 0.05) is 16.6 Å². The van der Waals surface area contributed by atoms with E-state index in [1.807, 2.05) is 0 Å². The van der Waals surface area contributed by atoms with Gasteiger partial charge in [-0.15, -0.1) is 0 Å². The first kappa shape index (κ1) is 12.1. The van der Waals surface area contributed by atoms with Crippen molar-refractivity contribution in [1.82, 2.24) is 4.90 Å². The van der Waals surface area contributed by atoms with Crippen LogP contribution in [0.15, 0.2) is 28.7 Å². The van der Waals surface area contributed by atoms with Gasteiger partial charge >= 0.3 is 5.97 Å². The maximum Gasteiger partial charge on any atom is 0.329 e. The lowest BCUT2D eigenvalue weighted by Crippen LogP contribution is -2.64. The Morgan fingerprint density at radius 3 is 2.35 bits per heavy atom. The van der Waals surface area contributed by atoms with Gasteiger partial charge in [0.1, 0.15) is 5.54 Å². The van der Waals surface area contributed by atoms with Gasteiger partial charge in [0.25, 0.3) is 5.91 Å². The highest BCUT2D eigenvalue weighted by Crippen LogP contribution is 2.32. The molecular formula is C12H12BrNO3. The monoisotopic (exact) mass is 297 g/mol. The first-order chi connectivity index (χ1) is 7.95. The first-order valence-corrected chi connectivity index (χ1v) is 6.05. The van der Waals surface area contributed by atoms with Crippen LogP contribution < -0.4 is 0 Å². The highest BCUT2D eigenvalue weighted by Gasteiger charge is 2.49. The average molecular weight is 298 g/mol. The summed E-state index contributed by atoms with van der Waals surface area (Å²) >= 11 is 3.29. The van der Waals surface area contributed by atoms with Crippen LogP contribution in [0.5, 0.6) is 0 Å². The number of benzene rings is 1. The molecule has 17 heavy (non-hydrogen) atoms. The number of likely N-dealkylation sites (tertiary alicyclic amines) is 1. The molecule has 1 aliphatic heterocycles. The van der Waals surface area contributed by atoms with Crippen LogP contribution in [0.2, 0.25) is 0 Å². The lowest BCUT2D eigenvalue weighted by atomic mass is 9.86. The third-order valence-electron chi connectivity index (χ3n) is 3.22. The maximum atomic E-state index is 12.1. The summed E-state index contributed by atoms with van der Waals surface area (Å²) in [4.78, 5) is 24.6. The molecule has 0 bridgehead atoms. The zero-order chi connectivity index (χ0) is 12.6. The van der Waals surface area contributed by atoms with Crippen LogP contribution in [0.4, 0.5) is 0 Å². The summed E-state index contributed by atoms with van der Waals surface area (Å²) in [6.07, 6.45) is 0.505. The summed E-state index contributed by atoms with van der Waals surface area (Å²) in [5.41, 5.74) is -0.537. The number of carboxylic acids is 1. The molecule has 1 aromatic carbocycles. The van der Waals surface area contributed by atoms with E-state index in [4.69, 9.17) is 5.11 Å². The fraction of sp³-hybridized carbons (Fsp3) is 0.333. The smallest absolute Gasteiger partial charge is 0.329 e. The Kier molecular flexibility index (Phi) is 2.95. The predicted octanol–water partition coefficient (Wildman–Crippen LogP) is 2.14. The molecule has 90 valence electrons. The SMILES string of the molecule is C[C@]1(C(=O)O)CCN1C(=O)c1ccc(Br)cc1. The van der Waals surface area contributed by atoms with Crippen molar-refractivity contribution in [2.24, 2.45) is 0 Å². The molecule has 0 radical (unpaired) electrons. The topological polar surface area (TPSA) is 57.6 Å². The number of nitrogens with zero attached hydrogens (tertiary/aromatic N) is 1. The Hall–Kier alpha value is -1.36. The fourth-order valence-electron chi connectivity index (χ4n) is 1.86. The molecule has 1 atom stereocenters. The maximum absolute atomic E-state index is 12.1. The van der Waals surface area contributed by atoms with Crippen LogP contribution in [-0.2, 0) is 4.79 Å². The van der Waals surface area contributed by atoms with Gasteiger partial charge in [-0.25, -0.2) is 4.79 Å². The molecule has 4 nitrogen and oxygen atoms in total. The lowest BCUT2D eigenvalue weighted by Gasteiger charge is -2.47. The Morgan fingerprint density at radius 2 is 1.94 bits per heavy atom. The van der Waals surface area contributed by atoms with E-state index in [0.717, 1.165) is 4.47 Å². The Bertz CT molecular complexity index is 471. The van der Waals surface area contributed by atoms with Crippen LogP contribution in [0.1, 0.15) is 23.7 Å². The molecule has 1 aromatic rings. The fourth-order valence-corrected chi connectivity index (χ4v) is 2.12. The van der Waals surface area contributed by atoms with Crippen molar-refractivity contribution in [2.45, 2.75) is 18.9 Å². The number of hydrogen-bond acceptors (Lipinski definition) is 2. The molecule has 1 saturated heterocycles. The van der Waals surface area contributed by atoms with Gasteiger partial charge in [-0.05, 0) is 37.6 Å². The van der Waals surface area contributed by atoms with Gasteiger partial charge < -0.3 is 10.0 Å². The summed E-state index contributed by atoms with van der Waals surface area (Å²) in [5, 5.41) is 9.10. The van der Waals surface area contributed by atoms with E-state index in [0.29, 0.717) is 18.5 Å². The van der Waals surface area contributed by atoms with Crippen LogP contribution in [0.3, 0.4) is 0 Å². The van der Waals surface area contributed by atoms with Crippen molar-refractivity contribution in [3.05, 3.63) is 34.3 Å². The van der Waals surface area contributed by atoms with E-state index >= 15 is 0 Å². The van der Waals surface area contributed by atoms with Gasteiger partial charge in [0.15, 0.2) is 0 Å². The van der Waals surface area contributed by atoms with Crippen LogP contribution in [0.25, 0.3) is 0 Å². The molecule has 1 heterocycles. The molecule has 0 unspecified atom stereocenters. The zero-order valence-corrected chi connectivity index (χ0v) is 10.9. The highest BCUT2D eigenvalue weighted by atomic mass is 79.9. The minimum atomic E-state index is -1.05. The van der Waals surface area contributed by atoms with E-state index < -0.39 is 11.5 Å². The van der Waals surface area contributed by atoms with E-state index in [-0.39, 0.29) is 5.91 Å². The van der Waals surface area contributed by atoms with Crippen LogP contribution >= 0.6 is 15.9 Å². The Morgan fingerprint density at radius 1 is 1.35 bits per heavy atom. The molecule has 0 saturated carbocycles. The van der Waals surface area contributed by atoms with Crippen molar-refractivity contribution in [3.63, 3.8) is 0 Å². The molecule has 2 rings (SSSR count). The number of rotatable bonds is 2. The van der Waals surface area contributed by atoms with Crippen molar-refractivity contribution in [1.29, 1.82) is 0 Å². The normalized spacial score (nSPS) is 23.1. The molecule has 1 N–H and O–H groups in total. The minimum absolute atomic E-state index is 0.228. The Labute approximate surface area is 107 Å². The third-order valence-corrected chi connectivity index (χ3v) is 3.74. The van der Waals surface area contributed by atoms with Gasteiger partial charge in [-0.2, -0.15) is 0 Å². The quantitative estimate of drug-likeness (QED) is 0.910. The predicted molar refractivity (Wildman–Crippen MR) is 65.8 cm³/mol. The second-order valence-electron chi connectivity index (χ2n) is 4.29. The highest BCUT2D eigenvalue weighted by molar-refractivity contribution is 9.10. The molecule has 5 heteroatoms. The standard InChI is InChI=1S/C12H12BrNO3/c1-12(11(16)17)6-7-14(12)10(15)8-2-4-9(13)5-3-8/h2-5H,6-7H2,1H3,(H,16,17)/t12-/m1/s1. The second kappa shape index (κ2) is 4.14. The molecule has 1 fully saturated rings. The van der Waals surface area contributed by atoms with Crippen molar-refractivity contribution < 1.29 is 14.7 Å². The van der Waals surface area contributed by atoms with Crippen LogP contribution in [-0.4, -0.2) is 34.0 Å². The molecule has 0 aromatic heterocycles. The summed E-state index contributed by atoms with van der Waals surface area (Å²) in [7, 11) is 0. The minimum Gasteiger partial charge on any atom is -0.480 e. The van der Waals surface area contributed by atoms with E-state index in [1.54, 1.807) is 31.2 Å². The van der Waals surface area contributed by atoms with Gasteiger partial charge in [0.2, 0.25) is 0 Å². The summed E-state index contributed by atoms with van der Waals surface area (Å²) in [6.45, 7) is 2.08. The molecule has 1 amide bonds.